The summed E-state index contributed by atoms with van der Waals surface area (Å²) < 4.78 is 19.2. The highest BCUT2D eigenvalue weighted by molar-refractivity contribution is 7.09. The van der Waals surface area contributed by atoms with E-state index in [0.29, 0.717) is 16.3 Å². The van der Waals surface area contributed by atoms with Crippen molar-refractivity contribution >= 4 is 23.2 Å². The zero-order chi connectivity index (χ0) is 23.2. The lowest BCUT2D eigenvalue weighted by atomic mass is 9.90. The van der Waals surface area contributed by atoms with Crippen molar-refractivity contribution in [2.75, 3.05) is 0 Å². The van der Waals surface area contributed by atoms with E-state index in [9.17, 15) is 14.0 Å². The average molecular weight is 468 g/mol. The molecule has 1 fully saturated rings. The van der Waals surface area contributed by atoms with E-state index in [2.05, 4.69) is 15.6 Å². The molecular weight excluding hydrogens is 441 g/mol. The number of rotatable bonds is 7. The molecule has 6 nitrogen and oxygen atoms in total. The number of aryl methyl sites for hydroxylation is 1. The molecule has 33 heavy (non-hydrogen) atoms. The van der Waals surface area contributed by atoms with Crippen LogP contribution in [0.2, 0.25) is 0 Å². The molecule has 2 amide bonds. The largest absolute Gasteiger partial charge is 0.483 e. The summed E-state index contributed by atoms with van der Waals surface area (Å²) in [6.45, 7) is 2.06. The molecule has 3 aromatic rings. The highest BCUT2D eigenvalue weighted by atomic mass is 32.1. The van der Waals surface area contributed by atoms with E-state index in [1.807, 2.05) is 19.1 Å². The molecule has 0 saturated heterocycles. The molecule has 4 rings (SSSR count). The summed E-state index contributed by atoms with van der Waals surface area (Å²) in [5.74, 6) is -0.719. The summed E-state index contributed by atoms with van der Waals surface area (Å²) in [5, 5.41) is 8.37. The number of benzene rings is 2. The number of hydrogen-bond donors (Lipinski definition) is 2. The van der Waals surface area contributed by atoms with E-state index in [1.165, 1.54) is 17.4 Å². The second kappa shape index (κ2) is 10.6. The Bertz CT molecular complexity index is 1120. The molecule has 0 spiro atoms. The SMILES string of the molecule is Cc1ccc(C(=O)NC2CCCCC2NC(=O)c2csc(COc3ccccc3F)n2)cc1. The van der Waals surface area contributed by atoms with Crippen molar-refractivity contribution in [3.63, 3.8) is 0 Å². The maximum Gasteiger partial charge on any atom is 0.271 e. The van der Waals surface area contributed by atoms with Crippen molar-refractivity contribution in [2.24, 2.45) is 0 Å². The Kier molecular flexibility index (Phi) is 7.34. The van der Waals surface area contributed by atoms with E-state index in [4.69, 9.17) is 4.74 Å². The second-order valence-electron chi connectivity index (χ2n) is 8.16. The van der Waals surface area contributed by atoms with Crippen LogP contribution in [-0.2, 0) is 6.61 Å². The third-order valence-corrected chi connectivity index (χ3v) is 6.51. The molecule has 0 bridgehead atoms. The first-order valence-corrected chi connectivity index (χ1v) is 11.9. The number of ether oxygens (including phenoxy) is 1. The van der Waals surface area contributed by atoms with Crippen LogP contribution in [0.1, 0.15) is 57.1 Å². The molecule has 1 heterocycles. The van der Waals surface area contributed by atoms with Gasteiger partial charge in [-0.25, -0.2) is 9.37 Å². The number of halogens is 1. The van der Waals surface area contributed by atoms with Crippen LogP contribution in [-0.4, -0.2) is 28.9 Å². The van der Waals surface area contributed by atoms with Crippen LogP contribution < -0.4 is 15.4 Å². The van der Waals surface area contributed by atoms with Crippen LogP contribution in [0.5, 0.6) is 5.75 Å². The van der Waals surface area contributed by atoms with Crippen LogP contribution in [0.15, 0.2) is 53.9 Å². The Labute approximate surface area is 196 Å². The smallest absolute Gasteiger partial charge is 0.271 e. The van der Waals surface area contributed by atoms with Crippen molar-refractivity contribution in [3.05, 3.63) is 81.6 Å². The minimum absolute atomic E-state index is 0.0809. The number of amides is 2. The lowest BCUT2D eigenvalue weighted by molar-refractivity contribution is 0.0860. The molecule has 8 heteroatoms. The number of carbonyl (C=O) groups is 2. The maximum atomic E-state index is 13.7. The highest BCUT2D eigenvalue weighted by Crippen LogP contribution is 2.21. The normalized spacial score (nSPS) is 17.9. The number of hydrogen-bond acceptors (Lipinski definition) is 5. The van der Waals surface area contributed by atoms with E-state index < -0.39 is 5.82 Å². The minimum Gasteiger partial charge on any atom is -0.483 e. The van der Waals surface area contributed by atoms with Gasteiger partial charge in [0.15, 0.2) is 11.6 Å². The predicted molar refractivity (Wildman–Crippen MR) is 125 cm³/mol. The molecule has 1 aliphatic rings. The molecule has 172 valence electrons. The van der Waals surface area contributed by atoms with E-state index >= 15 is 0 Å². The van der Waals surface area contributed by atoms with Gasteiger partial charge in [-0.2, -0.15) is 0 Å². The predicted octanol–water partition coefficient (Wildman–Crippen LogP) is 4.64. The van der Waals surface area contributed by atoms with Crippen LogP contribution in [0.25, 0.3) is 0 Å². The molecule has 2 atom stereocenters. The van der Waals surface area contributed by atoms with Gasteiger partial charge in [-0.15, -0.1) is 11.3 Å². The quantitative estimate of drug-likeness (QED) is 0.531. The Morgan fingerprint density at radius 3 is 2.39 bits per heavy atom. The van der Waals surface area contributed by atoms with Gasteiger partial charge in [-0.05, 0) is 44.0 Å². The van der Waals surface area contributed by atoms with Crippen molar-refractivity contribution < 1.29 is 18.7 Å². The van der Waals surface area contributed by atoms with Gasteiger partial charge >= 0.3 is 0 Å². The topological polar surface area (TPSA) is 80.3 Å². The van der Waals surface area contributed by atoms with Gasteiger partial charge in [0.2, 0.25) is 0 Å². The molecule has 1 aliphatic carbocycles. The van der Waals surface area contributed by atoms with Gasteiger partial charge in [0, 0.05) is 23.0 Å². The van der Waals surface area contributed by atoms with Gasteiger partial charge in [0.25, 0.3) is 11.8 Å². The Morgan fingerprint density at radius 1 is 1.03 bits per heavy atom. The monoisotopic (exact) mass is 467 g/mol. The first kappa shape index (κ1) is 22.9. The lowest BCUT2D eigenvalue weighted by Gasteiger charge is -2.32. The molecule has 2 aromatic carbocycles. The summed E-state index contributed by atoms with van der Waals surface area (Å²) in [7, 11) is 0. The summed E-state index contributed by atoms with van der Waals surface area (Å²) in [6.07, 6.45) is 3.58. The number of para-hydroxylation sites is 1. The Morgan fingerprint density at radius 2 is 1.70 bits per heavy atom. The first-order chi connectivity index (χ1) is 16.0. The number of carbonyl (C=O) groups excluding carboxylic acids is 2. The second-order valence-corrected chi connectivity index (χ2v) is 9.10. The van der Waals surface area contributed by atoms with Crippen molar-refractivity contribution in [1.29, 1.82) is 0 Å². The molecule has 0 radical (unpaired) electrons. The third-order valence-electron chi connectivity index (χ3n) is 5.68. The fraction of sp³-hybridized carbons (Fsp3) is 0.320. The number of aromatic nitrogens is 1. The molecule has 1 aromatic heterocycles. The summed E-state index contributed by atoms with van der Waals surface area (Å²) >= 11 is 1.29. The van der Waals surface area contributed by atoms with Gasteiger partial charge in [-0.3, -0.25) is 9.59 Å². The fourth-order valence-corrected chi connectivity index (χ4v) is 4.54. The van der Waals surface area contributed by atoms with E-state index in [-0.39, 0.29) is 36.3 Å². The number of thiazole rings is 1. The Hall–Kier alpha value is -3.26. The van der Waals surface area contributed by atoms with Crippen LogP contribution in [0.4, 0.5) is 4.39 Å². The molecule has 0 aliphatic heterocycles. The van der Waals surface area contributed by atoms with E-state index in [1.54, 1.807) is 35.7 Å². The number of nitrogens with zero attached hydrogens (tertiary/aromatic N) is 1. The maximum absolute atomic E-state index is 13.7. The van der Waals surface area contributed by atoms with Crippen molar-refractivity contribution in [2.45, 2.75) is 51.3 Å². The molecule has 1 saturated carbocycles. The van der Waals surface area contributed by atoms with Crippen LogP contribution >= 0.6 is 11.3 Å². The molecule has 2 N–H and O–H groups in total. The zero-order valence-electron chi connectivity index (χ0n) is 18.3. The standard InChI is InChI=1S/C25H26FN3O3S/c1-16-10-12-17(13-11-16)24(30)28-19-7-3-4-8-20(19)29-25(31)21-15-33-23(27-21)14-32-22-9-5-2-6-18(22)26/h2,5-6,9-13,15,19-20H,3-4,7-8,14H2,1H3,(H,28,30)(H,29,31). The fourth-order valence-electron chi connectivity index (χ4n) is 3.86. The van der Waals surface area contributed by atoms with Gasteiger partial charge in [-0.1, -0.05) is 42.7 Å². The average Bonchev–Trinajstić information content (AvgIpc) is 3.29. The third kappa shape index (κ3) is 5.96. The Balaban J connectivity index is 1.35. The molecule has 2 unspecified atom stereocenters. The first-order valence-electron chi connectivity index (χ1n) is 11.0. The lowest BCUT2D eigenvalue weighted by Crippen LogP contribution is -2.53. The summed E-state index contributed by atoms with van der Waals surface area (Å²) in [4.78, 5) is 29.8. The molecular formula is C25H26FN3O3S. The van der Waals surface area contributed by atoms with Crippen molar-refractivity contribution in [3.8, 4) is 5.75 Å². The summed E-state index contributed by atoms with van der Waals surface area (Å²) in [5.41, 5.74) is 1.99. The van der Waals surface area contributed by atoms with Crippen LogP contribution in [0.3, 0.4) is 0 Å². The van der Waals surface area contributed by atoms with Gasteiger partial charge in [0.1, 0.15) is 17.3 Å². The highest BCUT2D eigenvalue weighted by Gasteiger charge is 2.29. The van der Waals surface area contributed by atoms with Crippen molar-refractivity contribution in [1.82, 2.24) is 15.6 Å². The number of nitrogens with one attached hydrogen (secondary N) is 2. The zero-order valence-corrected chi connectivity index (χ0v) is 19.2. The van der Waals surface area contributed by atoms with Crippen LogP contribution in [0, 0.1) is 12.7 Å². The summed E-state index contributed by atoms with van der Waals surface area (Å²) in [6, 6.07) is 13.3. The van der Waals surface area contributed by atoms with E-state index in [0.717, 1.165) is 31.2 Å². The van der Waals surface area contributed by atoms with Gasteiger partial charge in [0.05, 0.1) is 0 Å². The van der Waals surface area contributed by atoms with Gasteiger partial charge < -0.3 is 15.4 Å². The minimum atomic E-state index is -0.442.